The Hall–Kier alpha value is -3.28. The minimum Gasteiger partial charge on any atom is -0.497 e. The first kappa shape index (κ1) is 15.6. The SMILES string of the molecule is COc1ccc(NC(=O)c2ccc(-n3cccn3)cc2)c(OC)c1. The number of nitrogens with one attached hydrogen (secondary N) is 1. The van der Waals surface area contributed by atoms with Crippen LogP contribution in [0.15, 0.2) is 60.9 Å². The summed E-state index contributed by atoms with van der Waals surface area (Å²) < 4.78 is 12.2. The van der Waals surface area contributed by atoms with Crippen LogP contribution in [0.5, 0.6) is 11.5 Å². The molecule has 0 unspecified atom stereocenters. The van der Waals surface area contributed by atoms with Crippen molar-refractivity contribution in [1.82, 2.24) is 9.78 Å². The summed E-state index contributed by atoms with van der Waals surface area (Å²) in [6.07, 6.45) is 3.55. The highest BCUT2D eigenvalue weighted by Gasteiger charge is 2.11. The third kappa shape index (κ3) is 3.22. The van der Waals surface area contributed by atoms with Crippen molar-refractivity contribution in [3.8, 4) is 17.2 Å². The van der Waals surface area contributed by atoms with Crippen LogP contribution in [0.25, 0.3) is 5.69 Å². The van der Waals surface area contributed by atoms with Crippen LogP contribution in [0, 0.1) is 0 Å². The zero-order valence-electron chi connectivity index (χ0n) is 13.4. The molecule has 6 heteroatoms. The van der Waals surface area contributed by atoms with Gasteiger partial charge in [-0.15, -0.1) is 0 Å². The highest BCUT2D eigenvalue weighted by Crippen LogP contribution is 2.29. The predicted molar refractivity (Wildman–Crippen MR) is 91.1 cm³/mol. The van der Waals surface area contributed by atoms with Crippen LogP contribution in [0.4, 0.5) is 5.69 Å². The molecule has 0 aliphatic carbocycles. The topological polar surface area (TPSA) is 65.4 Å². The molecule has 122 valence electrons. The minimum absolute atomic E-state index is 0.217. The van der Waals surface area contributed by atoms with E-state index >= 15 is 0 Å². The second-order valence-corrected chi connectivity index (χ2v) is 5.02. The maximum atomic E-state index is 12.4. The van der Waals surface area contributed by atoms with E-state index in [1.165, 1.54) is 0 Å². The number of aromatic nitrogens is 2. The number of carbonyl (C=O) groups is 1. The number of ether oxygens (including phenoxy) is 2. The van der Waals surface area contributed by atoms with E-state index in [9.17, 15) is 4.79 Å². The molecule has 0 saturated carbocycles. The summed E-state index contributed by atoms with van der Waals surface area (Å²) in [5.41, 5.74) is 2.02. The number of methoxy groups -OCH3 is 2. The number of benzene rings is 2. The van der Waals surface area contributed by atoms with E-state index in [0.29, 0.717) is 22.7 Å². The fourth-order valence-corrected chi connectivity index (χ4v) is 2.28. The summed E-state index contributed by atoms with van der Waals surface area (Å²) >= 11 is 0. The van der Waals surface area contributed by atoms with E-state index in [2.05, 4.69) is 10.4 Å². The molecule has 0 bridgehead atoms. The lowest BCUT2D eigenvalue weighted by Crippen LogP contribution is -2.12. The van der Waals surface area contributed by atoms with Crippen LogP contribution in [-0.4, -0.2) is 29.9 Å². The van der Waals surface area contributed by atoms with Crippen LogP contribution < -0.4 is 14.8 Å². The molecule has 1 amide bonds. The molecule has 1 N–H and O–H groups in total. The summed E-state index contributed by atoms with van der Waals surface area (Å²) in [7, 11) is 3.12. The zero-order chi connectivity index (χ0) is 16.9. The zero-order valence-corrected chi connectivity index (χ0v) is 13.4. The van der Waals surface area contributed by atoms with Gasteiger partial charge in [0.15, 0.2) is 0 Å². The van der Waals surface area contributed by atoms with Gasteiger partial charge in [-0.05, 0) is 42.5 Å². The third-order valence-electron chi connectivity index (χ3n) is 3.56. The summed E-state index contributed by atoms with van der Waals surface area (Å²) in [4.78, 5) is 12.4. The Morgan fingerprint density at radius 2 is 1.88 bits per heavy atom. The van der Waals surface area contributed by atoms with Crippen molar-refractivity contribution in [2.75, 3.05) is 19.5 Å². The molecule has 3 rings (SSSR count). The molecule has 24 heavy (non-hydrogen) atoms. The fourth-order valence-electron chi connectivity index (χ4n) is 2.28. The largest absolute Gasteiger partial charge is 0.497 e. The van der Waals surface area contributed by atoms with Gasteiger partial charge in [-0.25, -0.2) is 4.68 Å². The summed E-state index contributed by atoms with van der Waals surface area (Å²) in [5.74, 6) is 0.981. The molecule has 1 aromatic heterocycles. The van der Waals surface area contributed by atoms with Gasteiger partial charge in [0.2, 0.25) is 0 Å². The van der Waals surface area contributed by atoms with Crippen LogP contribution in [0.2, 0.25) is 0 Å². The highest BCUT2D eigenvalue weighted by molar-refractivity contribution is 6.05. The van der Waals surface area contributed by atoms with Gasteiger partial charge < -0.3 is 14.8 Å². The first-order valence-corrected chi connectivity index (χ1v) is 7.34. The maximum Gasteiger partial charge on any atom is 0.255 e. The Morgan fingerprint density at radius 3 is 2.50 bits per heavy atom. The normalized spacial score (nSPS) is 10.2. The van der Waals surface area contributed by atoms with E-state index < -0.39 is 0 Å². The second kappa shape index (κ2) is 6.87. The molecule has 3 aromatic rings. The van der Waals surface area contributed by atoms with E-state index in [0.717, 1.165) is 5.69 Å². The molecule has 0 radical (unpaired) electrons. The molecule has 0 saturated heterocycles. The number of rotatable bonds is 5. The van der Waals surface area contributed by atoms with E-state index in [4.69, 9.17) is 9.47 Å². The van der Waals surface area contributed by atoms with Crippen molar-refractivity contribution in [2.45, 2.75) is 0 Å². The summed E-state index contributed by atoms with van der Waals surface area (Å²) in [5, 5.41) is 7.00. The van der Waals surface area contributed by atoms with Gasteiger partial charge in [-0.3, -0.25) is 4.79 Å². The maximum absolute atomic E-state index is 12.4. The van der Waals surface area contributed by atoms with Crippen molar-refractivity contribution in [1.29, 1.82) is 0 Å². The Kier molecular flexibility index (Phi) is 4.47. The van der Waals surface area contributed by atoms with Gasteiger partial charge in [0.25, 0.3) is 5.91 Å². The molecule has 0 aliphatic rings. The van der Waals surface area contributed by atoms with Crippen LogP contribution in [0.3, 0.4) is 0 Å². The molecule has 0 spiro atoms. The van der Waals surface area contributed by atoms with E-state index in [1.807, 2.05) is 24.4 Å². The average Bonchev–Trinajstić information content (AvgIpc) is 3.16. The van der Waals surface area contributed by atoms with Gasteiger partial charge in [-0.2, -0.15) is 5.10 Å². The molecule has 2 aromatic carbocycles. The average molecular weight is 323 g/mol. The van der Waals surface area contributed by atoms with Gasteiger partial charge in [0.1, 0.15) is 11.5 Å². The van der Waals surface area contributed by atoms with E-state index in [1.54, 1.807) is 55.4 Å². The molecular formula is C18H17N3O3. The number of carbonyl (C=O) groups excluding carboxylic acids is 1. The standard InChI is InChI=1S/C18H17N3O3/c1-23-15-8-9-16(17(12-15)24-2)20-18(22)13-4-6-14(7-5-13)21-11-3-10-19-21/h3-12H,1-2H3,(H,20,22). The molecular weight excluding hydrogens is 306 g/mol. The smallest absolute Gasteiger partial charge is 0.255 e. The Balaban J connectivity index is 1.77. The Labute approximate surface area is 139 Å². The van der Waals surface area contributed by atoms with Crippen molar-refractivity contribution in [3.05, 3.63) is 66.5 Å². The van der Waals surface area contributed by atoms with Crippen molar-refractivity contribution < 1.29 is 14.3 Å². The van der Waals surface area contributed by atoms with Gasteiger partial charge in [-0.1, -0.05) is 0 Å². The molecule has 6 nitrogen and oxygen atoms in total. The lowest BCUT2D eigenvalue weighted by Gasteiger charge is -2.12. The van der Waals surface area contributed by atoms with Crippen LogP contribution >= 0.6 is 0 Å². The summed E-state index contributed by atoms with van der Waals surface area (Å²) in [6, 6.07) is 14.3. The van der Waals surface area contributed by atoms with Crippen molar-refractivity contribution in [3.63, 3.8) is 0 Å². The number of hydrogen-bond donors (Lipinski definition) is 1. The lowest BCUT2D eigenvalue weighted by atomic mass is 10.2. The predicted octanol–water partition coefficient (Wildman–Crippen LogP) is 3.14. The molecule has 0 aliphatic heterocycles. The number of nitrogens with zero attached hydrogens (tertiary/aromatic N) is 2. The van der Waals surface area contributed by atoms with Gasteiger partial charge in [0, 0.05) is 24.0 Å². The van der Waals surface area contributed by atoms with E-state index in [-0.39, 0.29) is 5.91 Å². The number of hydrogen-bond acceptors (Lipinski definition) is 4. The third-order valence-corrected chi connectivity index (χ3v) is 3.56. The first-order valence-electron chi connectivity index (χ1n) is 7.34. The molecule has 0 atom stereocenters. The number of amides is 1. The van der Waals surface area contributed by atoms with Gasteiger partial charge in [0.05, 0.1) is 25.6 Å². The monoisotopic (exact) mass is 323 g/mol. The quantitative estimate of drug-likeness (QED) is 0.783. The molecule has 1 heterocycles. The number of anilines is 1. The minimum atomic E-state index is -0.217. The lowest BCUT2D eigenvalue weighted by molar-refractivity contribution is 0.102. The fraction of sp³-hybridized carbons (Fsp3) is 0.111. The second-order valence-electron chi connectivity index (χ2n) is 5.02. The molecule has 0 fully saturated rings. The Morgan fingerprint density at radius 1 is 1.08 bits per heavy atom. The summed E-state index contributed by atoms with van der Waals surface area (Å²) in [6.45, 7) is 0. The van der Waals surface area contributed by atoms with Gasteiger partial charge >= 0.3 is 0 Å². The Bertz CT molecular complexity index is 827. The van der Waals surface area contributed by atoms with Crippen LogP contribution in [0.1, 0.15) is 10.4 Å². The van der Waals surface area contributed by atoms with Crippen molar-refractivity contribution in [2.24, 2.45) is 0 Å². The highest BCUT2D eigenvalue weighted by atomic mass is 16.5. The van der Waals surface area contributed by atoms with Crippen LogP contribution in [-0.2, 0) is 0 Å². The first-order chi connectivity index (χ1) is 11.7. The van der Waals surface area contributed by atoms with Crippen molar-refractivity contribution >= 4 is 11.6 Å².